The zero-order chi connectivity index (χ0) is 28.7. The Bertz CT molecular complexity index is 1890. The summed E-state index contributed by atoms with van der Waals surface area (Å²) in [6, 6.07) is 15.0. The van der Waals surface area contributed by atoms with Gasteiger partial charge >= 0.3 is 0 Å². The fraction of sp³-hybridized carbons (Fsp3) is 0.207. The Morgan fingerprint density at radius 1 is 0.976 bits per heavy atom. The second kappa shape index (κ2) is 10.3. The molecule has 0 atom stereocenters. The molecule has 206 valence electrons. The molecule has 0 saturated heterocycles. The third kappa shape index (κ3) is 5.49. The van der Waals surface area contributed by atoms with Gasteiger partial charge in [0.2, 0.25) is 0 Å². The lowest BCUT2D eigenvalue weighted by molar-refractivity contribution is 0.0736. The average molecular weight is 567 g/mol. The maximum absolute atomic E-state index is 10.3. The minimum atomic E-state index is -1.04. The molecule has 11 nitrogen and oxygen atoms in total. The molecule has 0 aliphatic heterocycles. The number of anilines is 1. The predicted octanol–water partition coefficient (Wildman–Crippen LogP) is 4.25. The van der Waals surface area contributed by atoms with Crippen molar-refractivity contribution in [2.75, 3.05) is 5.73 Å². The first-order valence-electron chi connectivity index (χ1n) is 12.9. The van der Waals surface area contributed by atoms with E-state index in [4.69, 9.17) is 27.3 Å². The topological polar surface area (TPSA) is 157 Å². The number of hydrogen-bond donors (Lipinski definition) is 3. The molecule has 5 aromatic heterocycles. The molecule has 6 rings (SSSR count). The number of nitrogens with zero attached hydrogens (tertiary/aromatic N) is 8. The van der Waals surface area contributed by atoms with Crippen molar-refractivity contribution in [2.45, 2.75) is 32.3 Å². The van der Waals surface area contributed by atoms with Gasteiger partial charge in [0.05, 0.1) is 40.5 Å². The van der Waals surface area contributed by atoms with Crippen LogP contribution < -0.4 is 5.73 Å². The third-order valence-electron chi connectivity index (χ3n) is 6.58. The highest BCUT2D eigenvalue weighted by atomic mass is 35.5. The maximum Gasteiger partial charge on any atom is 0.146 e. The van der Waals surface area contributed by atoms with Gasteiger partial charge < -0.3 is 15.8 Å². The Kier molecular flexibility index (Phi) is 6.68. The Morgan fingerprint density at radius 2 is 1.78 bits per heavy atom. The normalized spacial score (nSPS) is 11.8. The fourth-order valence-corrected chi connectivity index (χ4v) is 4.84. The van der Waals surface area contributed by atoms with Crippen molar-refractivity contribution in [3.8, 4) is 22.6 Å². The number of rotatable bonds is 7. The lowest BCUT2D eigenvalue weighted by atomic mass is 10.0. The number of aryl methyl sites for hydroxylation is 1. The van der Waals surface area contributed by atoms with E-state index in [1.165, 1.54) is 0 Å². The minimum absolute atomic E-state index is 0.264. The molecule has 0 aliphatic carbocycles. The number of aromatic nitrogens is 9. The monoisotopic (exact) mass is 566 g/mol. The Morgan fingerprint density at radius 3 is 2.54 bits per heavy atom. The molecular formula is C29H27ClN10O. The highest BCUT2D eigenvalue weighted by molar-refractivity contribution is 6.35. The lowest BCUT2D eigenvalue weighted by Crippen LogP contribution is -2.18. The van der Waals surface area contributed by atoms with Crippen LogP contribution in [0.15, 0.2) is 60.9 Å². The first-order valence-corrected chi connectivity index (χ1v) is 13.3. The van der Waals surface area contributed by atoms with Crippen LogP contribution in [0.5, 0.6) is 0 Å². The van der Waals surface area contributed by atoms with E-state index in [1.807, 2.05) is 55.7 Å². The van der Waals surface area contributed by atoms with Gasteiger partial charge in [-0.2, -0.15) is 5.10 Å². The lowest BCUT2D eigenvalue weighted by Gasteiger charge is -2.16. The van der Waals surface area contributed by atoms with E-state index < -0.39 is 5.60 Å². The Balaban J connectivity index is 1.36. The highest BCUT2D eigenvalue weighted by Gasteiger charge is 2.21. The first kappa shape index (κ1) is 26.5. The van der Waals surface area contributed by atoms with Crippen LogP contribution in [0.25, 0.3) is 33.5 Å². The summed E-state index contributed by atoms with van der Waals surface area (Å²) in [6.07, 6.45) is 4.25. The zero-order valence-corrected chi connectivity index (χ0v) is 23.4. The summed E-state index contributed by atoms with van der Waals surface area (Å²) in [5.74, 6) is 1.48. The molecule has 6 aromatic rings. The Labute approximate surface area is 240 Å². The summed E-state index contributed by atoms with van der Waals surface area (Å²) in [4.78, 5) is 21.9. The third-order valence-corrected chi connectivity index (χ3v) is 6.87. The summed E-state index contributed by atoms with van der Waals surface area (Å²) in [7, 11) is 1.84. The van der Waals surface area contributed by atoms with Gasteiger partial charge in [0, 0.05) is 36.1 Å². The summed E-state index contributed by atoms with van der Waals surface area (Å²) in [6.45, 7) is 3.40. The van der Waals surface area contributed by atoms with E-state index >= 15 is 0 Å². The zero-order valence-electron chi connectivity index (χ0n) is 22.7. The number of pyridine rings is 2. The van der Waals surface area contributed by atoms with Crippen molar-refractivity contribution in [3.63, 3.8) is 0 Å². The molecule has 0 unspecified atom stereocenters. The summed E-state index contributed by atoms with van der Waals surface area (Å²) >= 11 is 6.62. The molecule has 0 bridgehead atoms. The van der Waals surface area contributed by atoms with Crippen LogP contribution in [-0.4, -0.2) is 50.0 Å². The molecule has 0 radical (unpaired) electrons. The van der Waals surface area contributed by atoms with E-state index in [0.29, 0.717) is 57.1 Å². The van der Waals surface area contributed by atoms with Gasteiger partial charge in [0.25, 0.3) is 0 Å². The summed E-state index contributed by atoms with van der Waals surface area (Å²) < 4.78 is 1.70. The van der Waals surface area contributed by atoms with E-state index in [0.717, 1.165) is 16.6 Å². The number of nitrogens with two attached hydrogens (primary N) is 1. The average Bonchev–Trinajstić information content (AvgIpc) is 3.57. The van der Waals surface area contributed by atoms with Crippen molar-refractivity contribution in [1.82, 2.24) is 44.9 Å². The van der Waals surface area contributed by atoms with E-state index in [-0.39, 0.29) is 12.2 Å². The van der Waals surface area contributed by atoms with Crippen LogP contribution in [0.1, 0.15) is 42.6 Å². The summed E-state index contributed by atoms with van der Waals surface area (Å²) in [5, 5.41) is 24.8. The second-order valence-corrected chi connectivity index (χ2v) is 10.7. The molecule has 12 heteroatoms. The Hall–Kier alpha value is -4.74. The number of hydrogen-bond acceptors (Lipinski definition) is 9. The first-order chi connectivity index (χ1) is 19.6. The van der Waals surface area contributed by atoms with Crippen molar-refractivity contribution >= 4 is 28.3 Å². The molecule has 0 amide bonds. The SMILES string of the molecule is Cn1ccc(-c2nc(N)c(Cc3nnc(Cc4cccc(C(C)(C)O)n4)[nH]3)nc2-c2cc(Cl)c3ncccc3c2)n1. The van der Waals surface area contributed by atoms with Gasteiger partial charge in [-0.25, -0.2) is 9.97 Å². The predicted molar refractivity (Wildman–Crippen MR) is 156 cm³/mol. The van der Waals surface area contributed by atoms with Crippen molar-refractivity contribution in [2.24, 2.45) is 7.05 Å². The standard InChI is InChI=1S/C29H27ClN10O/c1-29(2,41)22-8-4-7-18(33-22)14-23-35-24(38-37-23)15-21-28(31)36-27(20-9-11-40(3)39-20)26(34-21)17-12-16-6-5-10-32-25(16)19(30)13-17/h4-13,41H,14-15H2,1-3H3,(H2,31,36)(H,35,37,38). The number of nitrogens with one attached hydrogen (secondary N) is 1. The van der Waals surface area contributed by atoms with E-state index in [1.54, 1.807) is 30.8 Å². The number of aromatic amines is 1. The van der Waals surface area contributed by atoms with Crippen molar-refractivity contribution in [3.05, 3.63) is 94.7 Å². The van der Waals surface area contributed by atoms with E-state index in [2.05, 4.69) is 30.2 Å². The van der Waals surface area contributed by atoms with Crippen LogP contribution in [0, 0.1) is 0 Å². The molecule has 1 aromatic carbocycles. The van der Waals surface area contributed by atoms with Crippen molar-refractivity contribution in [1.29, 1.82) is 0 Å². The molecule has 0 saturated carbocycles. The molecule has 0 aliphatic rings. The van der Waals surface area contributed by atoms with E-state index in [9.17, 15) is 5.11 Å². The van der Waals surface area contributed by atoms with Crippen LogP contribution >= 0.6 is 11.6 Å². The smallest absolute Gasteiger partial charge is 0.146 e. The molecule has 4 N–H and O–H groups in total. The molecule has 41 heavy (non-hydrogen) atoms. The van der Waals surface area contributed by atoms with Crippen LogP contribution in [0.3, 0.4) is 0 Å². The molecule has 0 fully saturated rings. The van der Waals surface area contributed by atoms with Crippen LogP contribution in [0.2, 0.25) is 5.02 Å². The van der Waals surface area contributed by atoms with Crippen LogP contribution in [0.4, 0.5) is 5.82 Å². The van der Waals surface area contributed by atoms with Gasteiger partial charge in [-0.05, 0) is 50.2 Å². The molecule has 5 heterocycles. The number of aliphatic hydroxyl groups is 1. The maximum atomic E-state index is 10.3. The van der Waals surface area contributed by atoms with Crippen molar-refractivity contribution < 1.29 is 5.11 Å². The van der Waals surface area contributed by atoms with Gasteiger partial charge in [-0.15, -0.1) is 10.2 Å². The number of fused-ring (bicyclic) bond motifs is 1. The van der Waals surface area contributed by atoms with Gasteiger partial charge in [-0.1, -0.05) is 23.7 Å². The largest absolute Gasteiger partial charge is 0.384 e. The quantitative estimate of drug-likeness (QED) is 0.257. The number of H-pyrrole nitrogens is 1. The minimum Gasteiger partial charge on any atom is -0.384 e. The van der Waals surface area contributed by atoms with Gasteiger partial charge in [0.15, 0.2) is 0 Å². The number of benzene rings is 1. The second-order valence-electron chi connectivity index (χ2n) is 10.3. The summed E-state index contributed by atoms with van der Waals surface area (Å²) in [5.41, 5.74) is 10.5. The number of halogens is 1. The van der Waals surface area contributed by atoms with Gasteiger partial charge in [0.1, 0.15) is 34.5 Å². The van der Waals surface area contributed by atoms with Crippen LogP contribution in [-0.2, 0) is 25.5 Å². The van der Waals surface area contributed by atoms with Gasteiger partial charge in [-0.3, -0.25) is 14.6 Å². The number of nitrogen functional groups attached to an aromatic ring is 1. The highest BCUT2D eigenvalue weighted by Crippen LogP contribution is 2.34. The molecular weight excluding hydrogens is 540 g/mol. The fourth-order valence-electron chi connectivity index (χ4n) is 4.56. The molecule has 0 spiro atoms.